The molecule has 1 aromatic carbocycles. The van der Waals surface area contributed by atoms with Gasteiger partial charge in [-0.15, -0.1) is 0 Å². The summed E-state index contributed by atoms with van der Waals surface area (Å²) in [6.07, 6.45) is 2.38. The molecule has 0 bridgehead atoms. The summed E-state index contributed by atoms with van der Waals surface area (Å²) in [6, 6.07) is 6.70. The Labute approximate surface area is 137 Å². The molecular weight excluding hydrogens is 308 g/mol. The summed E-state index contributed by atoms with van der Waals surface area (Å²) in [7, 11) is 0. The number of amides is 1. The lowest BCUT2D eigenvalue weighted by atomic mass is 10.1. The predicted molar refractivity (Wildman–Crippen MR) is 88.6 cm³/mol. The molecule has 24 heavy (non-hydrogen) atoms. The number of carbonyl (C=O) groups excluding carboxylic acids is 1. The smallest absolute Gasteiger partial charge is 0.341 e. The number of fused-ring (bicyclic) bond motifs is 1. The third-order valence-electron chi connectivity index (χ3n) is 3.67. The number of rotatable bonds is 5. The predicted octanol–water partition coefficient (Wildman–Crippen LogP) is 1.42. The molecule has 0 fully saturated rings. The summed E-state index contributed by atoms with van der Waals surface area (Å²) < 4.78 is 1.76. The number of hydrogen-bond donors (Lipinski definition) is 2. The van der Waals surface area contributed by atoms with E-state index in [1.54, 1.807) is 28.9 Å². The first-order chi connectivity index (χ1) is 11.6. The number of aryl methyl sites for hydroxylation is 1. The Morgan fingerprint density at radius 2 is 2.17 bits per heavy atom. The molecule has 0 saturated heterocycles. The SMILES string of the molecule is CCCn1ncnc1[C@H](C)NC(=O)c1nc(=O)[nH]c2ccccc12. The van der Waals surface area contributed by atoms with Crippen LogP contribution in [-0.2, 0) is 6.54 Å². The largest absolute Gasteiger partial charge is 0.346 e. The number of H-pyrrole nitrogens is 1. The molecule has 2 heterocycles. The summed E-state index contributed by atoms with van der Waals surface area (Å²) in [6.45, 7) is 4.59. The van der Waals surface area contributed by atoms with Crippen molar-refractivity contribution >= 4 is 16.8 Å². The number of nitrogens with zero attached hydrogens (tertiary/aromatic N) is 4. The van der Waals surface area contributed by atoms with Crippen LogP contribution in [0.3, 0.4) is 0 Å². The first-order valence-electron chi connectivity index (χ1n) is 7.77. The molecule has 8 nitrogen and oxygen atoms in total. The number of aromatic nitrogens is 5. The van der Waals surface area contributed by atoms with Gasteiger partial charge in [-0.3, -0.25) is 4.79 Å². The van der Waals surface area contributed by atoms with E-state index in [0.717, 1.165) is 13.0 Å². The highest BCUT2D eigenvalue weighted by Crippen LogP contribution is 2.15. The fourth-order valence-electron chi connectivity index (χ4n) is 2.60. The zero-order chi connectivity index (χ0) is 17.1. The van der Waals surface area contributed by atoms with Crippen LogP contribution in [-0.4, -0.2) is 30.6 Å². The molecule has 2 aromatic heterocycles. The van der Waals surface area contributed by atoms with E-state index in [2.05, 4.69) is 25.4 Å². The van der Waals surface area contributed by atoms with E-state index >= 15 is 0 Å². The summed E-state index contributed by atoms with van der Waals surface area (Å²) in [5, 5.41) is 7.59. The molecule has 0 spiro atoms. The highest BCUT2D eigenvalue weighted by molar-refractivity contribution is 6.04. The zero-order valence-corrected chi connectivity index (χ0v) is 13.5. The van der Waals surface area contributed by atoms with E-state index in [9.17, 15) is 9.59 Å². The van der Waals surface area contributed by atoms with Crippen molar-refractivity contribution in [1.82, 2.24) is 30.0 Å². The van der Waals surface area contributed by atoms with Gasteiger partial charge in [-0.1, -0.05) is 25.1 Å². The van der Waals surface area contributed by atoms with Crippen molar-refractivity contribution < 1.29 is 4.79 Å². The van der Waals surface area contributed by atoms with Crippen LogP contribution in [0, 0.1) is 0 Å². The minimum absolute atomic E-state index is 0.0998. The Hall–Kier alpha value is -3.03. The average Bonchev–Trinajstić information content (AvgIpc) is 3.02. The van der Waals surface area contributed by atoms with Crippen LogP contribution in [0.5, 0.6) is 0 Å². The Morgan fingerprint density at radius 3 is 2.96 bits per heavy atom. The minimum Gasteiger partial charge on any atom is -0.341 e. The van der Waals surface area contributed by atoms with Gasteiger partial charge in [-0.25, -0.2) is 14.5 Å². The van der Waals surface area contributed by atoms with Gasteiger partial charge in [-0.2, -0.15) is 10.1 Å². The van der Waals surface area contributed by atoms with E-state index in [4.69, 9.17) is 0 Å². The van der Waals surface area contributed by atoms with Gasteiger partial charge < -0.3 is 10.3 Å². The maximum Gasteiger partial charge on any atom is 0.346 e. The van der Waals surface area contributed by atoms with Crippen LogP contribution in [0.4, 0.5) is 0 Å². The van der Waals surface area contributed by atoms with Crippen LogP contribution in [0.2, 0.25) is 0 Å². The molecular formula is C16H18N6O2. The van der Waals surface area contributed by atoms with Crippen LogP contribution in [0.1, 0.15) is 42.6 Å². The lowest BCUT2D eigenvalue weighted by molar-refractivity contribution is 0.0934. The lowest BCUT2D eigenvalue weighted by Crippen LogP contribution is -2.31. The lowest BCUT2D eigenvalue weighted by Gasteiger charge is -2.14. The highest BCUT2D eigenvalue weighted by atomic mass is 16.2. The molecule has 1 atom stereocenters. The van der Waals surface area contributed by atoms with E-state index < -0.39 is 11.6 Å². The number of para-hydroxylation sites is 1. The molecule has 8 heteroatoms. The van der Waals surface area contributed by atoms with Crippen LogP contribution in [0.25, 0.3) is 10.9 Å². The fourth-order valence-corrected chi connectivity index (χ4v) is 2.60. The second-order valence-corrected chi connectivity index (χ2v) is 5.47. The maximum atomic E-state index is 12.6. The Morgan fingerprint density at radius 1 is 1.38 bits per heavy atom. The zero-order valence-electron chi connectivity index (χ0n) is 13.5. The quantitative estimate of drug-likeness (QED) is 0.737. The van der Waals surface area contributed by atoms with E-state index in [0.29, 0.717) is 16.7 Å². The van der Waals surface area contributed by atoms with Gasteiger partial charge >= 0.3 is 5.69 Å². The Bertz CT molecular complexity index is 929. The van der Waals surface area contributed by atoms with Gasteiger partial charge in [0.1, 0.15) is 17.8 Å². The molecule has 0 saturated carbocycles. The van der Waals surface area contributed by atoms with Crippen molar-refractivity contribution in [2.75, 3.05) is 0 Å². The molecule has 0 aliphatic carbocycles. The van der Waals surface area contributed by atoms with Gasteiger partial charge in [0.05, 0.1) is 11.6 Å². The summed E-state index contributed by atoms with van der Waals surface area (Å²) >= 11 is 0. The number of carbonyl (C=O) groups is 1. The van der Waals surface area contributed by atoms with E-state index in [1.807, 2.05) is 13.8 Å². The van der Waals surface area contributed by atoms with Gasteiger partial charge in [0.2, 0.25) is 0 Å². The van der Waals surface area contributed by atoms with Crippen LogP contribution in [0.15, 0.2) is 35.4 Å². The first kappa shape index (κ1) is 15.9. The third kappa shape index (κ3) is 3.03. The molecule has 2 N–H and O–H groups in total. The number of nitrogens with one attached hydrogen (secondary N) is 2. The van der Waals surface area contributed by atoms with Crippen molar-refractivity contribution in [3.8, 4) is 0 Å². The van der Waals surface area contributed by atoms with Crippen LogP contribution < -0.4 is 11.0 Å². The molecule has 3 rings (SSSR count). The second-order valence-electron chi connectivity index (χ2n) is 5.47. The first-order valence-corrected chi connectivity index (χ1v) is 7.77. The van der Waals surface area contributed by atoms with Gasteiger partial charge in [0.15, 0.2) is 0 Å². The normalized spacial score (nSPS) is 12.2. The van der Waals surface area contributed by atoms with Gasteiger partial charge in [0.25, 0.3) is 5.91 Å². The molecule has 0 aliphatic heterocycles. The Kier molecular flexibility index (Phi) is 4.37. The van der Waals surface area contributed by atoms with Crippen molar-refractivity contribution in [2.24, 2.45) is 0 Å². The van der Waals surface area contributed by atoms with Gasteiger partial charge in [0, 0.05) is 11.9 Å². The van der Waals surface area contributed by atoms with Crippen molar-refractivity contribution in [3.63, 3.8) is 0 Å². The number of hydrogen-bond acceptors (Lipinski definition) is 5. The van der Waals surface area contributed by atoms with Crippen molar-refractivity contribution in [2.45, 2.75) is 32.9 Å². The molecule has 0 aliphatic rings. The maximum absolute atomic E-state index is 12.6. The topological polar surface area (TPSA) is 106 Å². The third-order valence-corrected chi connectivity index (χ3v) is 3.67. The van der Waals surface area contributed by atoms with Gasteiger partial charge in [-0.05, 0) is 19.4 Å². The highest BCUT2D eigenvalue weighted by Gasteiger charge is 2.19. The monoisotopic (exact) mass is 326 g/mol. The van der Waals surface area contributed by atoms with E-state index in [1.165, 1.54) is 6.33 Å². The summed E-state index contributed by atoms with van der Waals surface area (Å²) in [4.78, 5) is 34.9. The standard InChI is InChI=1S/C16H18N6O2/c1-3-8-22-14(17-9-18-22)10(2)19-15(23)13-11-6-4-5-7-12(11)20-16(24)21-13/h4-7,9-10H,3,8H2,1-2H3,(H,19,23)(H,20,21,24)/t10-/m0/s1. The molecule has 124 valence electrons. The van der Waals surface area contributed by atoms with Crippen LogP contribution >= 0.6 is 0 Å². The van der Waals surface area contributed by atoms with E-state index in [-0.39, 0.29) is 11.7 Å². The summed E-state index contributed by atoms with van der Waals surface area (Å²) in [5.41, 5.74) is 0.118. The minimum atomic E-state index is -0.555. The second kappa shape index (κ2) is 6.61. The van der Waals surface area contributed by atoms with Crippen molar-refractivity contribution in [3.05, 3.63) is 52.6 Å². The molecule has 0 unspecified atom stereocenters. The fraction of sp³-hybridized carbons (Fsp3) is 0.312. The molecule has 3 aromatic rings. The Balaban J connectivity index is 1.90. The van der Waals surface area contributed by atoms with Crippen molar-refractivity contribution in [1.29, 1.82) is 0 Å². The number of aromatic amines is 1. The average molecular weight is 326 g/mol. The molecule has 1 amide bonds. The number of benzene rings is 1. The molecule has 0 radical (unpaired) electrons. The summed E-state index contributed by atoms with van der Waals surface area (Å²) in [5.74, 6) is 0.246.